The summed E-state index contributed by atoms with van der Waals surface area (Å²) in [6, 6.07) is 0. The third kappa shape index (κ3) is 2.99. The molecule has 2 saturated carbocycles. The first kappa shape index (κ1) is 11.9. The molecule has 0 bridgehead atoms. The van der Waals surface area contributed by atoms with E-state index in [-0.39, 0.29) is 18.0 Å². The SMILES string of the molecule is CC1CCCCC1C(=O)OC1CCCCC1. The van der Waals surface area contributed by atoms with Crippen LogP contribution in [0.1, 0.15) is 64.7 Å². The van der Waals surface area contributed by atoms with Crippen molar-refractivity contribution < 1.29 is 9.53 Å². The topological polar surface area (TPSA) is 26.3 Å². The highest BCUT2D eigenvalue weighted by Crippen LogP contribution is 2.31. The third-order valence-electron chi connectivity index (χ3n) is 4.25. The highest BCUT2D eigenvalue weighted by Gasteiger charge is 2.30. The lowest BCUT2D eigenvalue weighted by Crippen LogP contribution is -2.31. The molecule has 0 amide bonds. The molecular formula is C14H24O2. The van der Waals surface area contributed by atoms with Crippen LogP contribution in [-0.4, -0.2) is 12.1 Å². The molecule has 0 aromatic carbocycles. The predicted octanol–water partition coefficient (Wildman–Crippen LogP) is 3.69. The van der Waals surface area contributed by atoms with Crippen LogP contribution in [0.5, 0.6) is 0 Å². The molecule has 2 atom stereocenters. The number of carbonyl (C=O) groups is 1. The summed E-state index contributed by atoms with van der Waals surface area (Å²) in [5.74, 6) is 0.819. The molecule has 92 valence electrons. The minimum atomic E-state index is 0.0964. The summed E-state index contributed by atoms with van der Waals surface area (Å²) in [4.78, 5) is 12.1. The van der Waals surface area contributed by atoms with Gasteiger partial charge < -0.3 is 4.74 Å². The fourth-order valence-corrected chi connectivity index (χ4v) is 3.10. The van der Waals surface area contributed by atoms with Crippen molar-refractivity contribution in [3.05, 3.63) is 0 Å². The van der Waals surface area contributed by atoms with E-state index in [1.54, 1.807) is 0 Å². The van der Waals surface area contributed by atoms with Crippen molar-refractivity contribution in [3.63, 3.8) is 0 Å². The fraction of sp³-hybridized carbons (Fsp3) is 0.929. The van der Waals surface area contributed by atoms with E-state index in [9.17, 15) is 4.79 Å². The second-order valence-corrected chi connectivity index (χ2v) is 5.57. The first-order valence-corrected chi connectivity index (χ1v) is 6.98. The lowest BCUT2D eigenvalue weighted by molar-refractivity contribution is -0.158. The monoisotopic (exact) mass is 224 g/mol. The zero-order valence-corrected chi connectivity index (χ0v) is 10.4. The van der Waals surface area contributed by atoms with Crippen LogP contribution >= 0.6 is 0 Å². The van der Waals surface area contributed by atoms with Crippen LogP contribution in [0, 0.1) is 11.8 Å². The summed E-state index contributed by atoms with van der Waals surface area (Å²) in [6.07, 6.45) is 10.9. The number of hydrogen-bond acceptors (Lipinski definition) is 2. The van der Waals surface area contributed by atoms with Gasteiger partial charge in [-0.05, 0) is 44.4 Å². The van der Waals surface area contributed by atoms with Crippen LogP contribution in [0.2, 0.25) is 0 Å². The third-order valence-corrected chi connectivity index (χ3v) is 4.25. The molecule has 2 fully saturated rings. The van der Waals surface area contributed by atoms with Crippen molar-refractivity contribution in [1.82, 2.24) is 0 Å². The van der Waals surface area contributed by atoms with Gasteiger partial charge in [-0.15, -0.1) is 0 Å². The molecular weight excluding hydrogens is 200 g/mol. The summed E-state index contributed by atoms with van der Waals surface area (Å²) in [6.45, 7) is 2.20. The Bertz CT molecular complexity index is 231. The van der Waals surface area contributed by atoms with Gasteiger partial charge in [0.1, 0.15) is 6.10 Å². The van der Waals surface area contributed by atoms with E-state index < -0.39 is 0 Å². The number of hydrogen-bond donors (Lipinski definition) is 0. The van der Waals surface area contributed by atoms with E-state index in [1.807, 2.05) is 0 Å². The summed E-state index contributed by atoms with van der Waals surface area (Å²) >= 11 is 0. The first-order valence-electron chi connectivity index (χ1n) is 6.98. The van der Waals surface area contributed by atoms with Crippen molar-refractivity contribution >= 4 is 5.97 Å². The molecule has 0 N–H and O–H groups in total. The first-order chi connectivity index (χ1) is 7.77. The van der Waals surface area contributed by atoms with Gasteiger partial charge in [0.15, 0.2) is 0 Å². The van der Waals surface area contributed by atoms with Crippen molar-refractivity contribution in [3.8, 4) is 0 Å². The van der Waals surface area contributed by atoms with E-state index >= 15 is 0 Å². The van der Waals surface area contributed by atoms with Crippen LogP contribution < -0.4 is 0 Å². The van der Waals surface area contributed by atoms with E-state index in [4.69, 9.17) is 4.74 Å². The molecule has 0 radical (unpaired) electrons. The molecule has 0 aliphatic heterocycles. The maximum atomic E-state index is 12.1. The number of esters is 1. The Morgan fingerprint density at radius 1 is 0.938 bits per heavy atom. The van der Waals surface area contributed by atoms with Gasteiger partial charge in [0.2, 0.25) is 0 Å². The Balaban J connectivity index is 1.81. The van der Waals surface area contributed by atoms with Crippen molar-refractivity contribution in [2.45, 2.75) is 70.8 Å². The smallest absolute Gasteiger partial charge is 0.309 e. The molecule has 0 heterocycles. The van der Waals surface area contributed by atoms with Gasteiger partial charge in [-0.1, -0.05) is 26.2 Å². The van der Waals surface area contributed by atoms with E-state index in [2.05, 4.69) is 6.92 Å². The minimum Gasteiger partial charge on any atom is -0.462 e. The van der Waals surface area contributed by atoms with Gasteiger partial charge in [0, 0.05) is 0 Å². The van der Waals surface area contributed by atoms with Gasteiger partial charge in [0.25, 0.3) is 0 Å². The zero-order valence-electron chi connectivity index (χ0n) is 10.4. The molecule has 2 rings (SSSR count). The van der Waals surface area contributed by atoms with Gasteiger partial charge in [0.05, 0.1) is 5.92 Å². The average Bonchev–Trinajstić information content (AvgIpc) is 2.31. The Labute approximate surface area is 98.7 Å². The van der Waals surface area contributed by atoms with E-state index in [1.165, 1.54) is 38.5 Å². The lowest BCUT2D eigenvalue weighted by Gasteiger charge is -2.30. The quantitative estimate of drug-likeness (QED) is 0.669. The van der Waals surface area contributed by atoms with Crippen LogP contribution in [-0.2, 0) is 9.53 Å². The summed E-state index contributed by atoms with van der Waals surface area (Å²) in [7, 11) is 0. The minimum absolute atomic E-state index is 0.0964. The number of rotatable bonds is 2. The standard InChI is InChI=1S/C14H24O2/c1-11-7-5-6-10-13(11)14(15)16-12-8-3-2-4-9-12/h11-13H,2-10H2,1H3. The largest absolute Gasteiger partial charge is 0.462 e. The Morgan fingerprint density at radius 3 is 2.25 bits per heavy atom. The maximum Gasteiger partial charge on any atom is 0.309 e. The second kappa shape index (κ2) is 5.70. The van der Waals surface area contributed by atoms with Crippen LogP contribution in [0.3, 0.4) is 0 Å². The van der Waals surface area contributed by atoms with E-state index in [0.717, 1.165) is 19.3 Å². The Kier molecular flexibility index (Phi) is 4.25. The molecule has 16 heavy (non-hydrogen) atoms. The maximum absolute atomic E-state index is 12.1. The Hall–Kier alpha value is -0.530. The lowest BCUT2D eigenvalue weighted by atomic mass is 9.80. The molecule has 0 saturated heterocycles. The Morgan fingerprint density at radius 2 is 1.56 bits per heavy atom. The van der Waals surface area contributed by atoms with E-state index in [0.29, 0.717) is 5.92 Å². The van der Waals surface area contributed by atoms with Crippen LogP contribution in [0.4, 0.5) is 0 Å². The van der Waals surface area contributed by atoms with Crippen molar-refractivity contribution in [2.75, 3.05) is 0 Å². The molecule has 2 unspecified atom stereocenters. The van der Waals surface area contributed by atoms with Crippen LogP contribution in [0.15, 0.2) is 0 Å². The van der Waals surface area contributed by atoms with Gasteiger partial charge in [-0.25, -0.2) is 0 Å². The second-order valence-electron chi connectivity index (χ2n) is 5.57. The predicted molar refractivity (Wildman–Crippen MR) is 64.1 cm³/mol. The molecule has 0 spiro atoms. The molecule has 2 aliphatic rings. The summed E-state index contributed by atoms with van der Waals surface area (Å²) in [5, 5.41) is 0. The summed E-state index contributed by atoms with van der Waals surface area (Å²) < 4.78 is 5.66. The molecule has 0 aromatic rings. The van der Waals surface area contributed by atoms with Gasteiger partial charge in [-0.2, -0.15) is 0 Å². The molecule has 0 aromatic heterocycles. The zero-order chi connectivity index (χ0) is 11.4. The highest BCUT2D eigenvalue weighted by atomic mass is 16.5. The highest BCUT2D eigenvalue weighted by molar-refractivity contribution is 5.73. The normalized spacial score (nSPS) is 32.3. The van der Waals surface area contributed by atoms with Gasteiger partial charge >= 0.3 is 5.97 Å². The molecule has 2 nitrogen and oxygen atoms in total. The number of carbonyl (C=O) groups excluding carboxylic acids is 1. The van der Waals surface area contributed by atoms with Crippen molar-refractivity contribution in [1.29, 1.82) is 0 Å². The number of ether oxygens (including phenoxy) is 1. The summed E-state index contributed by atoms with van der Waals surface area (Å²) in [5.41, 5.74) is 0. The molecule has 2 heteroatoms. The fourth-order valence-electron chi connectivity index (χ4n) is 3.10. The molecule has 2 aliphatic carbocycles. The average molecular weight is 224 g/mol. The van der Waals surface area contributed by atoms with Crippen molar-refractivity contribution in [2.24, 2.45) is 11.8 Å². The van der Waals surface area contributed by atoms with Crippen LogP contribution in [0.25, 0.3) is 0 Å². The van der Waals surface area contributed by atoms with Gasteiger partial charge in [-0.3, -0.25) is 4.79 Å².